The summed E-state index contributed by atoms with van der Waals surface area (Å²) in [4.78, 5) is 12.2. The summed E-state index contributed by atoms with van der Waals surface area (Å²) in [6, 6.07) is 8.11. The number of hydrogen-bond donors (Lipinski definition) is 1. The fourth-order valence-electron chi connectivity index (χ4n) is 2.09. The normalized spacial score (nSPS) is 23.0. The van der Waals surface area contributed by atoms with Gasteiger partial charge in [-0.3, -0.25) is 4.79 Å². The molecule has 1 unspecified atom stereocenters. The summed E-state index contributed by atoms with van der Waals surface area (Å²) in [5, 5.41) is 3.99. The molecule has 1 saturated heterocycles. The van der Waals surface area contributed by atoms with E-state index >= 15 is 0 Å². The van der Waals surface area contributed by atoms with Gasteiger partial charge < -0.3 is 5.32 Å². The van der Waals surface area contributed by atoms with Crippen molar-refractivity contribution >= 4 is 39.3 Å². The van der Waals surface area contributed by atoms with E-state index in [1.54, 1.807) is 11.8 Å². The third kappa shape index (κ3) is 3.29. The fourth-order valence-corrected chi connectivity index (χ4v) is 3.75. The lowest BCUT2D eigenvalue weighted by atomic mass is 10.0. The van der Waals surface area contributed by atoms with E-state index in [0.29, 0.717) is 0 Å². The van der Waals surface area contributed by atoms with Gasteiger partial charge in [-0.1, -0.05) is 28.1 Å². The van der Waals surface area contributed by atoms with E-state index in [1.807, 2.05) is 19.1 Å². The molecule has 2 nitrogen and oxygen atoms in total. The lowest BCUT2D eigenvalue weighted by Crippen LogP contribution is -2.34. The van der Waals surface area contributed by atoms with Crippen molar-refractivity contribution in [2.24, 2.45) is 0 Å². The van der Waals surface area contributed by atoms with Crippen molar-refractivity contribution in [3.63, 3.8) is 0 Å². The first-order valence-electron chi connectivity index (χ1n) is 6.24. The number of hydrogen-bond acceptors (Lipinski definition) is 2. The van der Waals surface area contributed by atoms with E-state index in [0.717, 1.165) is 36.0 Å². The molecule has 98 valence electrons. The highest BCUT2D eigenvalue weighted by Gasteiger charge is 2.37. The smallest absolute Gasteiger partial charge is 0.240 e. The van der Waals surface area contributed by atoms with Gasteiger partial charge in [0.25, 0.3) is 0 Å². The van der Waals surface area contributed by atoms with Gasteiger partial charge in [-0.25, -0.2) is 0 Å². The van der Waals surface area contributed by atoms with Crippen LogP contribution in [0, 0.1) is 0 Å². The maximum absolute atomic E-state index is 12.2. The highest BCUT2D eigenvalue weighted by molar-refractivity contribution is 9.09. The molecule has 1 aliphatic heterocycles. The van der Waals surface area contributed by atoms with Crippen molar-refractivity contribution in [2.75, 3.05) is 16.4 Å². The molecule has 1 aromatic carbocycles. The molecule has 1 atom stereocenters. The van der Waals surface area contributed by atoms with Crippen LogP contribution in [0.1, 0.15) is 25.3 Å². The quantitative estimate of drug-likeness (QED) is 0.851. The summed E-state index contributed by atoms with van der Waals surface area (Å²) < 4.78 is -0.242. The monoisotopic (exact) mass is 327 g/mol. The summed E-state index contributed by atoms with van der Waals surface area (Å²) in [7, 11) is 0. The Morgan fingerprint density at radius 2 is 2.17 bits per heavy atom. The molecule has 1 amide bonds. The van der Waals surface area contributed by atoms with Crippen LogP contribution in [0.25, 0.3) is 0 Å². The van der Waals surface area contributed by atoms with Gasteiger partial charge in [0.1, 0.15) is 0 Å². The zero-order chi connectivity index (χ0) is 13.0. The highest BCUT2D eigenvalue weighted by atomic mass is 79.9. The third-order valence-corrected chi connectivity index (χ3v) is 5.21. The number of aryl methyl sites for hydroxylation is 1. The molecular weight excluding hydrogens is 310 g/mol. The van der Waals surface area contributed by atoms with Crippen LogP contribution in [0.5, 0.6) is 0 Å². The molecule has 4 heteroatoms. The summed E-state index contributed by atoms with van der Waals surface area (Å²) in [5.74, 6) is 1.23. The number of carbonyl (C=O) groups excluding carboxylic acids is 1. The molecule has 1 aromatic rings. The first kappa shape index (κ1) is 13.9. The largest absolute Gasteiger partial charge is 0.325 e. The minimum Gasteiger partial charge on any atom is -0.325 e. The Labute approximate surface area is 121 Å². The predicted molar refractivity (Wildman–Crippen MR) is 82.7 cm³/mol. The van der Waals surface area contributed by atoms with Gasteiger partial charge in [0.2, 0.25) is 5.91 Å². The molecule has 0 aliphatic carbocycles. The van der Waals surface area contributed by atoms with Crippen LogP contribution in [-0.4, -0.2) is 21.7 Å². The van der Waals surface area contributed by atoms with Crippen LogP contribution in [0.4, 0.5) is 5.69 Å². The van der Waals surface area contributed by atoms with E-state index in [9.17, 15) is 4.79 Å². The zero-order valence-electron chi connectivity index (χ0n) is 10.5. The molecule has 0 bridgehead atoms. The summed E-state index contributed by atoms with van der Waals surface area (Å²) in [6.07, 6.45) is 3.13. The van der Waals surface area contributed by atoms with Crippen molar-refractivity contribution in [2.45, 2.75) is 30.9 Å². The Kier molecular flexibility index (Phi) is 4.73. The standard InChI is InChI=1S/C14H18BrNOS/c1-14(8-2-10-18-14)13(17)16-12-5-3-11(4-6-12)7-9-15/h3-6H,2,7-10H2,1H3,(H,16,17). The highest BCUT2D eigenvalue weighted by Crippen LogP contribution is 2.38. The number of halogens is 1. The first-order valence-corrected chi connectivity index (χ1v) is 8.35. The number of anilines is 1. The molecule has 18 heavy (non-hydrogen) atoms. The molecule has 0 radical (unpaired) electrons. The molecule has 1 fully saturated rings. The molecule has 0 saturated carbocycles. The fraction of sp³-hybridized carbons (Fsp3) is 0.500. The molecular formula is C14H18BrNOS. The molecule has 0 aromatic heterocycles. The van der Waals surface area contributed by atoms with Gasteiger partial charge in [-0.05, 0) is 49.6 Å². The van der Waals surface area contributed by atoms with Gasteiger partial charge >= 0.3 is 0 Å². The first-order chi connectivity index (χ1) is 8.64. The van der Waals surface area contributed by atoms with E-state index in [2.05, 4.69) is 33.4 Å². The second kappa shape index (κ2) is 6.11. The van der Waals surface area contributed by atoms with Crippen molar-refractivity contribution in [1.29, 1.82) is 0 Å². The van der Waals surface area contributed by atoms with Gasteiger partial charge in [-0.15, -0.1) is 11.8 Å². The average molecular weight is 328 g/mol. The van der Waals surface area contributed by atoms with E-state index in [-0.39, 0.29) is 10.7 Å². The molecule has 0 spiro atoms. The van der Waals surface area contributed by atoms with Crippen molar-refractivity contribution in [3.05, 3.63) is 29.8 Å². The van der Waals surface area contributed by atoms with Crippen LogP contribution < -0.4 is 5.32 Å². The van der Waals surface area contributed by atoms with E-state index < -0.39 is 0 Å². The Bertz CT molecular complexity index is 412. The maximum atomic E-state index is 12.2. The van der Waals surface area contributed by atoms with E-state index in [4.69, 9.17) is 0 Å². The Morgan fingerprint density at radius 3 is 2.72 bits per heavy atom. The zero-order valence-corrected chi connectivity index (χ0v) is 12.9. The third-order valence-electron chi connectivity index (χ3n) is 3.29. The molecule has 1 N–H and O–H groups in total. The number of alkyl halides is 1. The second-order valence-electron chi connectivity index (χ2n) is 4.77. The Hall–Kier alpha value is -0.480. The van der Waals surface area contributed by atoms with Gasteiger partial charge in [0, 0.05) is 11.0 Å². The number of rotatable bonds is 4. The Morgan fingerprint density at radius 1 is 1.44 bits per heavy atom. The van der Waals surface area contributed by atoms with Crippen molar-refractivity contribution < 1.29 is 4.79 Å². The van der Waals surface area contributed by atoms with Gasteiger partial charge in [0.05, 0.1) is 4.75 Å². The summed E-state index contributed by atoms with van der Waals surface area (Å²) in [5.41, 5.74) is 2.18. The SMILES string of the molecule is CC1(C(=O)Nc2ccc(CCBr)cc2)CCCS1. The second-order valence-corrected chi connectivity index (χ2v) is 7.16. The molecule has 1 heterocycles. The minimum absolute atomic E-state index is 0.137. The lowest BCUT2D eigenvalue weighted by molar-refractivity contribution is -0.118. The minimum atomic E-state index is -0.242. The molecule has 1 aliphatic rings. The van der Waals surface area contributed by atoms with Crippen LogP contribution in [0.15, 0.2) is 24.3 Å². The van der Waals surface area contributed by atoms with E-state index in [1.165, 1.54) is 5.56 Å². The average Bonchev–Trinajstić information content (AvgIpc) is 2.80. The van der Waals surface area contributed by atoms with Gasteiger partial charge in [-0.2, -0.15) is 0 Å². The lowest BCUT2D eigenvalue weighted by Gasteiger charge is -2.21. The number of benzene rings is 1. The van der Waals surface area contributed by atoms with Crippen molar-refractivity contribution in [1.82, 2.24) is 0 Å². The van der Waals surface area contributed by atoms with Gasteiger partial charge in [0.15, 0.2) is 0 Å². The Balaban J connectivity index is 1.98. The molecule has 2 rings (SSSR count). The maximum Gasteiger partial charge on any atom is 0.240 e. The number of amides is 1. The van der Waals surface area contributed by atoms with Crippen molar-refractivity contribution in [3.8, 4) is 0 Å². The topological polar surface area (TPSA) is 29.1 Å². The number of carbonyl (C=O) groups is 1. The van der Waals surface area contributed by atoms with Crippen LogP contribution in [0.3, 0.4) is 0 Å². The van der Waals surface area contributed by atoms with Crippen LogP contribution in [0.2, 0.25) is 0 Å². The van der Waals surface area contributed by atoms with Crippen LogP contribution >= 0.6 is 27.7 Å². The number of thioether (sulfide) groups is 1. The number of nitrogens with one attached hydrogen (secondary N) is 1. The summed E-state index contributed by atoms with van der Waals surface area (Å²) in [6.45, 7) is 2.04. The van der Waals surface area contributed by atoms with Crippen LogP contribution in [-0.2, 0) is 11.2 Å². The predicted octanol–water partition coefficient (Wildman–Crippen LogP) is 3.85. The summed E-state index contributed by atoms with van der Waals surface area (Å²) >= 11 is 5.19.